The summed E-state index contributed by atoms with van der Waals surface area (Å²) in [6, 6.07) is 0.357. The van der Waals surface area contributed by atoms with E-state index < -0.39 is 9.84 Å². The Labute approximate surface area is 99.9 Å². The monoisotopic (exact) mass is 247 g/mol. The fraction of sp³-hybridized carbons (Fsp3) is 1.00. The van der Waals surface area contributed by atoms with E-state index >= 15 is 0 Å². The van der Waals surface area contributed by atoms with Gasteiger partial charge in [-0.25, -0.2) is 8.42 Å². The molecular weight excluding hydrogens is 222 g/mol. The van der Waals surface area contributed by atoms with Gasteiger partial charge in [-0.3, -0.25) is 0 Å². The van der Waals surface area contributed by atoms with Crippen LogP contribution < -0.4 is 5.32 Å². The molecule has 0 amide bonds. The molecule has 0 spiro atoms. The first-order valence-electron chi connectivity index (χ1n) is 6.40. The van der Waals surface area contributed by atoms with Crippen molar-refractivity contribution in [3.63, 3.8) is 0 Å². The van der Waals surface area contributed by atoms with Crippen molar-refractivity contribution >= 4 is 9.84 Å². The number of hydrogen-bond donors (Lipinski definition) is 1. The minimum atomic E-state index is -2.78. The molecule has 1 aliphatic heterocycles. The van der Waals surface area contributed by atoms with E-state index in [9.17, 15) is 8.42 Å². The molecule has 0 saturated carbocycles. The molecule has 0 bridgehead atoms. The standard InChI is InChI=1S/C12H25NO2S/c1-4-7-13-12(10(2)3)11-6-5-8-16(14,15)9-11/h10-13H,4-9H2,1-3H3. The van der Waals surface area contributed by atoms with Crippen LogP contribution in [0, 0.1) is 11.8 Å². The normalized spacial score (nSPS) is 26.9. The first-order chi connectivity index (χ1) is 7.46. The lowest BCUT2D eigenvalue weighted by Crippen LogP contribution is -2.45. The van der Waals surface area contributed by atoms with E-state index in [0.717, 1.165) is 25.8 Å². The third-order valence-electron chi connectivity index (χ3n) is 3.35. The Balaban J connectivity index is 2.63. The van der Waals surface area contributed by atoms with Crippen LogP contribution in [0.3, 0.4) is 0 Å². The van der Waals surface area contributed by atoms with E-state index in [2.05, 4.69) is 26.1 Å². The molecule has 1 heterocycles. The molecule has 16 heavy (non-hydrogen) atoms. The Hall–Kier alpha value is -0.0900. The highest BCUT2D eigenvalue weighted by Crippen LogP contribution is 2.25. The summed E-state index contributed by atoms with van der Waals surface area (Å²) in [5.74, 6) is 1.59. The maximum Gasteiger partial charge on any atom is 0.150 e. The molecule has 4 heteroatoms. The fourth-order valence-corrected chi connectivity index (χ4v) is 4.40. The number of sulfone groups is 1. The largest absolute Gasteiger partial charge is 0.313 e. The summed E-state index contributed by atoms with van der Waals surface area (Å²) in [5, 5.41) is 3.51. The molecule has 1 rings (SSSR count). The zero-order chi connectivity index (χ0) is 12.2. The van der Waals surface area contributed by atoms with Crippen LogP contribution in [-0.4, -0.2) is 32.5 Å². The van der Waals surface area contributed by atoms with Gasteiger partial charge in [-0.05, 0) is 37.6 Å². The predicted octanol–water partition coefficient (Wildman–Crippen LogP) is 1.84. The Morgan fingerprint density at radius 1 is 1.38 bits per heavy atom. The highest BCUT2D eigenvalue weighted by Gasteiger charge is 2.31. The number of nitrogens with one attached hydrogen (secondary N) is 1. The van der Waals surface area contributed by atoms with Gasteiger partial charge in [-0.15, -0.1) is 0 Å². The summed E-state index contributed by atoms with van der Waals surface area (Å²) in [6.45, 7) is 7.48. The third kappa shape index (κ3) is 4.06. The molecule has 96 valence electrons. The topological polar surface area (TPSA) is 46.2 Å². The lowest BCUT2D eigenvalue weighted by atomic mass is 9.88. The van der Waals surface area contributed by atoms with Crippen LogP contribution in [0.25, 0.3) is 0 Å². The molecule has 0 aromatic heterocycles. The van der Waals surface area contributed by atoms with Crippen molar-refractivity contribution in [1.82, 2.24) is 5.32 Å². The first kappa shape index (κ1) is 14.0. The average Bonchev–Trinajstić information content (AvgIpc) is 2.16. The van der Waals surface area contributed by atoms with Crippen molar-refractivity contribution in [1.29, 1.82) is 0 Å². The number of rotatable bonds is 5. The van der Waals surface area contributed by atoms with Crippen molar-refractivity contribution in [2.45, 2.75) is 46.1 Å². The van der Waals surface area contributed by atoms with Crippen molar-refractivity contribution in [2.75, 3.05) is 18.1 Å². The molecule has 0 radical (unpaired) electrons. The fourth-order valence-electron chi connectivity index (χ4n) is 2.60. The van der Waals surface area contributed by atoms with Crippen LogP contribution in [0.5, 0.6) is 0 Å². The van der Waals surface area contributed by atoms with Gasteiger partial charge < -0.3 is 5.32 Å². The van der Waals surface area contributed by atoms with Crippen molar-refractivity contribution in [2.24, 2.45) is 11.8 Å². The van der Waals surface area contributed by atoms with Gasteiger partial charge in [0.25, 0.3) is 0 Å². The minimum absolute atomic E-state index is 0.310. The van der Waals surface area contributed by atoms with Crippen LogP contribution in [0.1, 0.15) is 40.0 Å². The summed E-state index contributed by atoms with van der Waals surface area (Å²) >= 11 is 0. The molecule has 0 aromatic rings. The maximum absolute atomic E-state index is 11.6. The second-order valence-corrected chi connectivity index (χ2v) is 7.47. The van der Waals surface area contributed by atoms with E-state index in [1.807, 2.05) is 0 Å². The summed E-state index contributed by atoms with van der Waals surface area (Å²) in [6.07, 6.45) is 2.99. The Bertz CT molecular complexity index is 298. The van der Waals surface area contributed by atoms with Gasteiger partial charge in [0.2, 0.25) is 0 Å². The zero-order valence-corrected chi connectivity index (χ0v) is 11.5. The molecule has 0 aliphatic carbocycles. The molecule has 2 atom stereocenters. The molecule has 1 N–H and O–H groups in total. The van der Waals surface area contributed by atoms with Gasteiger partial charge in [-0.1, -0.05) is 20.8 Å². The van der Waals surface area contributed by atoms with Gasteiger partial charge in [0.1, 0.15) is 0 Å². The van der Waals surface area contributed by atoms with Crippen molar-refractivity contribution < 1.29 is 8.42 Å². The smallest absolute Gasteiger partial charge is 0.150 e. The van der Waals surface area contributed by atoms with E-state index in [1.165, 1.54) is 0 Å². The van der Waals surface area contributed by atoms with Gasteiger partial charge in [0.15, 0.2) is 9.84 Å². The van der Waals surface area contributed by atoms with E-state index in [1.54, 1.807) is 0 Å². The summed E-state index contributed by atoms with van der Waals surface area (Å²) in [7, 11) is -2.78. The van der Waals surface area contributed by atoms with Crippen LogP contribution in [0.15, 0.2) is 0 Å². The van der Waals surface area contributed by atoms with Crippen LogP contribution in [-0.2, 0) is 9.84 Å². The minimum Gasteiger partial charge on any atom is -0.313 e. The zero-order valence-electron chi connectivity index (χ0n) is 10.7. The lowest BCUT2D eigenvalue weighted by Gasteiger charge is -2.33. The maximum atomic E-state index is 11.6. The van der Waals surface area contributed by atoms with Crippen molar-refractivity contribution in [3.05, 3.63) is 0 Å². The van der Waals surface area contributed by atoms with Gasteiger partial charge >= 0.3 is 0 Å². The quantitative estimate of drug-likeness (QED) is 0.806. The van der Waals surface area contributed by atoms with Crippen LogP contribution >= 0.6 is 0 Å². The van der Waals surface area contributed by atoms with E-state index in [0.29, 0.717) is 29.4 Å². The second-order valence-electron chi connectivity index (χ2n) is 5.24. The molecule has 3 nitrogen and oxygen atoms in total. The lowest BCUT2D eigenvalue weighted by molar-refractivity contribution is 0.281. The van der Waals surface area contributed by atoms with Crippen LogP contribution in [0.4, 0.5) is 0 Å². The molecular formula is C12H25NO2S. The molecule has 1 fully saturated rings. The van der Waals surface area contributed by atoms with Gasteiger partial charge in [0.05, 0.1) is 11.5 Å². The molecule has 2 unspecified atom stereocenters. The summed E-state index contributed by atoms with van der Waals surface area (Å²) in [4.78, 5) is 0. The summed E-state index contributed by atoms with van der Waals surface area (Å²) in [5.41, 5.74) is 0. The van der Waals surface area contributed by atoms with E-state index in [4.69, 9.17) is 0 Å². The average molecular weight is 247 g/mol. The Morgan fingerprint density at radius 3 is 2.56 bits per heavy atom. The Kier molecular flexibility index (Phi) is 5.25. The predicted molar refractivity (Wildman–Crippen MR) is 68.3 cm³/mol. The highest BCUT2D eigenvalue weighted by atomic mass is 32.2. The van der Waals surface area contributed by atoms with Crippen molar-refractivity contribution in [3.8, 4) is 0 Å². The van der Waals surface area contributed by atoms with Gasteiger partial charge in [-0.2, -0.15) is 0 Å². The first-order valence-corrected chi connectivity index (χ1v) is 8.22. The third-order valence-corrected chi connectivity index (χ3v) is 5.20. The summed E-state index contributed by atoms with van der Waals surface area (Å²) < 4.78 is 23.3. The van der Waals surface area contributed by atoms with Gasteiger partial charge in [0, 0.05) is 6.04 Å². The SMILES string of the molecule is CCCNC(C(C)C)C1CCCS(=O)(=O)C1. The number of hydrogen-bond acceptors (Lipinski definition) is 3. The molecule has 1 saturated heterocycles. The molecule has 1 aliphatic rings. The second kappa shape index (κ2) is 6.01. The van der Waals surface area contributed by atoms with Crippen LogP contribution in [0.2, 0.25) is 0 Å². The Morgan fingerprint density at radius 2 is 2.06 bits per heavy atom. The molecule has 0 aromatic carbocycles. The highest BCUT2D eigenvalue weighted by molar-refractivity contribution is 7.91. The van der Waals surface area contributed by atoms with E-state index in [-0.39, 0.29) is 0 Å².